The van der Waals surface area contributed by atoms with E-state index in [4.69, 9.17) is 11.6 Å². The molecule has 0 saturated carbocycles. The van der Waals surface area contributed by atoms with Gasteiger partial charge in [0.15, 0.2) is 0 Å². The Bertz CT molecular complexity index is 636. The lowest BCUT2D eigenvalue weighted by Gasteiger charge is -2.46. The Balaban J connectivity index is 1.69. The number of rotatable bonds is 4. The highest BCUT2D eigenvalue weighted by Gasteiger charge is 2.44. The zero-order valence-corrected chi connectivity index (χ0v) is 14.9. The number of hydrogen-bond donors (Lipinski definition) is 1. The van der Waals surface area contributed by atoms with Crippen LogP contribution in [0.5, 0.6) is 0 Å². The van der Waals surface area contributed by atoms with Crippen LogP contribution in [0.25, 0.3) is 0 Å². The molecule has 2 heterocycles. The monoisotopic (exact) mass is 349 g/mol. The lowest BCUT2D eigenvalue weighted by molar-refractivity contribution is -0.154. The molecule has 0 aliphatic carbocycles. The first-order chi connectivity index (χ1) is 11.5. The van der Waals surface area contributed by atoms with Crippen LogP contribution in [0, 0.1) is 5.92 Å². The first-order valence-electron chi connectivity index (χ1n) is 8.58. The van der Waals surface area contributed by atoms with Gasteiger partial charge < -0.3 is 10.2 Å². The molecule has 2 saturated heterocycles. The molecule has 2 aliphatic rings. The quantitative estimate of drug-likeness (QED) is 0.903. The number of hydrogen-bond acceptors (Lipinski definition) is 3. The Morgan fingerprint density at radius 3 is 2.75 bits per heavy atom. The van der Waals surface area contributed by atoms with E-state index in [1.54, 1.807) is 4.90 Å². The van der Waals surface area contributed by atoms with Gasteiger partial charge in [0.2, 0.25) is 11.8 Å². The van der Waals surface area contributed by atoms with Crippen molar-refractivity contribution in [2.45, 2.75) is 38.9 Å². The smallest absolute Gasteiger partial charge is 0.246 e. The summed E-state index contributed by atoms with van der Waals surface area (Å²) in [6.07, 6.45) is 0.869. The van der Waals surface area contributed by atoms with E-state index in [0.29, 0.717) is 19.6 Å². The summed E-state index contributed by atoms with van der Waals surface area (Å²) in [4.78, 5) is 29.2. The molecule has 6 heteroatoms. The molecular weight excluding hydrogens is 326 g/mol. The Hall–Kier alpha value is -1.59. The van der Waals surface area contributed by atoms with E-state index in [9.17, 15) is 9.59 Å². The van der Waals surface area contributed by atoms with Crippen LogP contribution in [0.1, 0.15) is 25.8 Å². The van der Waals surface area contributed by atoms with Gasteiger partial charge in [-0.25, -0.2) is 0 Å². The predicted octanol–water partition coefficient (Wildman–Crippen LogP) is 1.90. The van der Waals surface area contributed by atoms with Crippen LogP contribution in [0.4, 0.5) is 0 Å². The summed E-state index contributed by atoms with van der Waals surface area (Å²) in [5.74, 6) is 0.179. The largest absolute Gasteiger partial charge is 0.342 e. The van der Waals surface area contributed by atoms with Crippen molar-refractivity contribution in [2.24, 2.45) is 5.92 Å². The van der Waals surface area contributed by atoms with Gasteiger partial charge in [-0.3, -0.25) is 14.5 Å². The SMILES string of the molecule is CC[C@H](C)[C@@H]1NC(=O)[C@H]2CN(Cc3ccccc3Cl)CCN2C1=O. The molecule has 5 nitrogen and oxygen atoms in total. The molecule has 24 heavy (non-hydrogen) atoms. The van der Waals surface area contributed by atoms with Crippen molar-refractivity contribution in [3.8, 4) is 0 Å². The summed E-state index contributed by atoms with van der Waals surface area (Å²) in [5.41, 5.74) is 1.05. The van der Waals surface area contributed by atoms with E-state index in [1.807, 2.05) is 38.1 Å². The van der Waals surface area contributed by atoms with E-state index in [2.05, 4.69) is 10.2 Å². The van der Waals surface area contributed by atoms with Crippen LogP contribution in [-0.4, -0.2) is 53.3 Å². The molecule has 0 spiro atoms. The van der Waals surface area contributed by atoms with Gasteiger partial charge in [0.25, 0.3) is 0 Å². The molecule has 2 fully saturated rings. The molecule has 0 unspecified atom stereocenters. The van der Waals surface area contributed by atoms with E-state index in [1.165, 1.54) is 0 Å². The fourth-order valence-corrected chi connectivity index (χ4v) is 3.65. The minimum atomic E-state index is -0.394. The van der Waals surface area contributed by atoms with Gasteiger partial charge in [-0.15, -0.1) is 0 Å². The maximum absolute atomic E-state index is 12.7. The maximum atomic E-state index is 12.7. The molecular formula is C18H24ClN3O2. The fraction of sp³-hybridized carbons (Fsp3) is 0.556. The second-order valence-corrected chi connectivity index (χ2v) is 7.15. The van der Waals surface area contributed by atoms with Crippen LogP contribution < -0.4 is 5.32 Å². The molecule has 3 atom stereocenters. The highest BCUT2D eigenvalue weighted by atomic mass is 35.5. The summed E-state index contributed by atoms with van der Waals surface area (Å²) in [5, 5.41) is 3.67. The van der Waals surface area contributed by atoms with E-state index >= 15 is 0 Å². The van der Waals surface area contributed by atoms with E-state index < -0.39 is 6.04 Å². The third-order valence-electron chi connectivity index (χ3n) is 5.18. The summed E-state index contributed by atoms with van der Waals surface area (Å²) < 4.78 is 0. The van der Waals surface area contributed by atoms with Crippen LogP contribution in [0.2, 0.25) is 5.02 Å². The standard InChI is InChI=1S/C18H24ClN3O2/c1-3-12(2)16-18(24)22-9-8-21(11-15(22)17(23)20-16)10-13-6-4-5-7-14(13)19/h4-7,12,15-16H,3,8-11H2,1-2H3,(H,20,23)/t12-,15+,16-/m0/s1. The van der Waals surface area contributed by atoms with Crippen LogP contribution in [-0.2, 0) is 16.1 Å². The first-order valence-corrected chi connectivity index (χ1v) is 8.95. The van der Waals surface area contributed by atoms with Gasteiger partial charge in [0.05, 0.1) is 0 Å². The Labute approximate surface area is 147 Å². The number of halogens is 1. The van der Waals surface area contributed by atoms with Gasteiger partial charge in [0, 0.05) is 31.2 Å². The third kappa shape index (κ3) is 3.28. The van der Waals surface area contributed by atoms with Crippen molar-refractivity contribution in [1.29, 1.82) is 0 Å². The van der Waals surface area contributed by atoms with Gasteiger partial charge in [0.1, 0.15) is 12.1 Å². The maximum Gasteiger partial charge on any atom is 0.246 e. The zero-order valence-electron chi connectivity index (χ0n) is 14.2. The number of benzene rings is 1. The highest BCUT2D eigenvalue weighted by molar-refractivity contribution is 6.31. The number of nitrogens with zero attached hydrogens (tertiary/aromatic N) is 2. The van der Waals surface area contributed by atoms with Crippen LogP contribution >= 0.6 is 11.6 Å². The van der Waals surface area contributed by atoms with Crippen molar-refractivity contribution in [1.82, 2.24) is 15.1 Å². The van der Waals surface area contributed by atoms with Crippen molar-refractivity contribution in [3.05, 3.63) is 34.9 Å². The summed E-state index contributed by atoms with van der Waals surface area (Å²) in [7, 11) is 0. The Morgan fingerprint density at radius 1 is 1.29 bits per heavy atom. The number of amides is 2. The van der Waals surface area contributed by atoms with Crippen molar-refractivity contribution in [2.75, 3.05) is 19.6 Å². The second-order valence-electron chi connectivity index (χ2n) is 6.75. The molecule has 3 rings (SSSR count). The van der Waals surface area contributed by atoms with Crippen molar-refractivity contribution in [3.63, 3.8) is 0 Å². The predicted molar refractivity (Wildman–Crippen MR) is 93.6 cm³/mol. The lowest BCUT2D eigenvalue weighted by atomic mass is 9.93. The number of piperazine rings is 2. The van der Waals surface area contributed by atoms with Crippen molar-refractivity contribution < 1.29 is 9.59 Å². The summed E-state index contributed by atoms with van der Waals surface area (Å²) in [6.45, 7) is 6.65. The topological polar surface area (TPSA) is 52.7 Å². The van der Waals surface area contributed by atoms with Crippen molar-refractivity contribution >= 4 is 23.4 Å². The first kappa shape index (κ1) is 17.2. The third-order valence-corrected chi connectivity index (χ3v) is 5.55. The second kappa shape index (κ2) is 7.11. The fourth-order valence-electron chi connectivity index (χ4n) is 3.45. The number of fused-ring (bicyclic) bond motifs is 1. The van der Waals surface area contributed by atoms with Gasteiger partial charge in [-0.05, 0) is 17.5 Å². The number of carbonyl (C=O) groups is 2. The molecule has 1 aromatic rings. The zero-order chi connectivity index (χ0) is 17.3. The summed E-state index contributed by atoms with van der Waals surface area (Å²) in [6, 6.07) is 6.97. The Morgan fingerprint density at radius 2 is 2.04 bits per heavy atom. The van der Waals surface area contributed by atoms with E-state index in [-0.39, 0.29) is 23.8 Å². The van der Waals surface area contributed by atoms with E-state index in [0.717, 1.165) is 23.6 Å². The molecule has 1 aromatic carbocycles. The summed E-state index contributed by atoms with van der Waals surface area (Å²) >= 11 is 6.23. The average Bonchev–Trinajstić information content (AvgIpc) is 2.59. The van der Waals surface area contributed by atoms with Gasteiger partial charge >= 0.3 is 0 Å². The highest BCUT2D eigenvalue weighted by Crippen LogP contribution is 2.23. The van der Waals surface area contributed by atoms with Gasteiger partial charge in [-0.2, -0.15) is 0 Å². The molecule has 0 aromatic heterocycles. The molecule has 0 bridgehead atoms. The molecule has 130 valence electrons. The molecule has 2 amide bonds. The number of nitrogens with one attached hydrogen (secondary N) is 1. The van der Waals surface area contributed by atoms with Gasteiger partial charge in [-0.1, -0.05) is 50.1 Å². The number of carbonyl (C=O) groups excluding carboxylic acids is 2. The molecule has 2 aliphatic heterocycles. The van der Waals surface area contributed by atoms with Crippen LogP contribution in [0.15, 0.2) is 24.3 Å². The lowest BCUT2D eigenvalue weighted by Crippen LogP contribution is -2.70. The normalized spacial score (nSPS) is 26.0. The average molecular weight is 350 g/mol. The minimum Gasteiger partial charge on any atom is -0.342 e. The Kier molecular flexibility index (Phi) is 5.11. The minimum absolute atomic E-state index is 0.0382. The molecule has 0 radical (unpaired) electrons. The molecule has 1 N–H and O–H groups in total. The van der Waals surface area contributed by atoms with Crippen LogP contribution in [0.3, 0.4) is 0 Å².